The highest BCUT2D eigenvalue weighted by Gasteiger charge is 2.19. The fourth-order valence-corrected chi connectivity index (χ4v) is 3.44. The Morgan fingerprint density at radius 1 is 0.800 bits per heavy atom. The van der Waals surface area contributed by atoms with Crippen LogP contribution in [-0.4, -0.2) is 11.4 Å². The molecule has 0 atom stereocenters. The molecule has 0 N–H and O–H groups in total. The molecular formula is C22H17NO2. The van der Waals surface area contributed by atoms with Crippen LogP contribution in [0.25, 0.3) is 22.0 Å². The van der Waals surface area contributed by atoms with Crippen LogP contribution in [0.4, 0.5) is 0 Å². The van der Waals surface area contributed by atoms with Crippen molar-refractivity contribution in [3.05, 3.63) is 84.6 Å². The van der Waals surface area contributed by atoms with Crippen molar-refractivity contribution in [1.82, 2.24) is 4.57 Å². The summed E-state index contributed by atoms with van der Waals surface area (Å²) in [5.74, 6) is 1.64. The van der Waals surface area contributed by atoms with Crippen LogP contribution in [0.3, 0.4) is 0 Å². The molecule has 5 rings (SSSR count). The first-order valence-electron chi connectivity index (χ1n) is 8.40. The molecular weight excluding hydrogens is 310 g/mol. The Morgan fingerprint density at radius 2 is 1.48 bits per heavy atom. The van der Waals surface area contributed by atoms with E-state index in [1.165, 1.54) is 22.1 Å². The molecule has 25 heavy (non-hydrogen) atoms. The molecule has 122 valence electrons. The van der Waals surface area contributed by atoms with Crippen molar-refractivity contribution in [2.45, 2.75) is 6.54 Å². The summed E-state index contributed by atoms with van der Waals surface area (Å²) >= 11 is 0. The molecule has 4 aromatic rings. The maximum absolute atomic E-state index is 5.59. The van der Waals surface area contributed by atoms with Gasteiger partial charge in [-0.15, -0.1) is 0 Å². The zero-order valence-corrected chi connectivity index (χ0v) is 13.7. The van der Waals surface area contributed by atoms with Crippen LogP contribution < -0.4 is 9.47 Å². The third kappa shape index (κ3) is 2.45. The van der Waals surface area contributed by atoms with Gasteiger partial charge in [0.25, 0.3) is 0 Å². The largest absolute Gasteiger partial charge is 0.454 e. The minimum absolute atomic E-state index is 0.293. The highest BCUT2D eigenvalue weighted by molar-refractivity contribution is 5.98. The highest BCUT2D eigenvalue weighted by atomic mass is 16.7. The maximum atomic E-state index is 5.59. The van der Waals surface area contributed by atoms with Gasteiger partial charge >= 0.3 is 0 Å². The van der Waals surface area contributed by atoms with Gasteiger partial charge in [0.1, 0.15) is 0 Å². The van der Waals surface area contributed by atoms with Crippen LogP contribution in [-0.2, 0) is 6.54 Å². The second kappa shape index (κ2) is 5.71. The second-order valence-electron chi connectivity index (χ2n) is 6.24. The minimum Gasteiger partial charge on any atom is -0.454 e. The SMILES string of the molecule is c1ccc(Cn2cc(-c3ccccc3)c3cc4c(cc32)OCO4)cc1. The summed E-state index contributed by atoms with van der Waals surface area (Å²) in [6, 6.07) is 25.2. The highest BCUT2D eigenvalue weighted by Crippen LogP contribution is 2.40. The van der Waals surface area contributed by atoms with Gasteiger partial charge in [0, 0.05) is 29.8 Å². The summed E-state index contributed by atoms with van der Waals surface area (Å²) in [7, 11) is 0. The molecule has 1 aliphatic heterocycles. The van der Waals surface area contributed by atoms with Gasteiger partial charge in [0.05, 0.1) is 5.52 Å². The van der Waals surface area contributed by atoms with Gasteiger partial charge in [-0.2, -0.15) is 0 Å². The lowest BCUT2D eigenvalue weighted by molar-refractivity contribution is 0.174. The Hall–Kier alpha value is -3.20. The van der Waals surface area contributed by atoms with Gasteiger partial charge in [-0.1, -0.05) is 60.7 Å². The van der Waals surface area contributed by atoms with Gasteiger partial charge in [0.15, 0.2) is 11.5 Å². The van der Waals surface area contributed by atoms with Crippen LogP contribution in [0.5, 0.6) is 11.5 Å². The lowest BCUT2D eigenvalue weighted by Crippen LogP contribution is -1.97. The van der Waals surface area contributed by atoms with E-state index in [1.54, 1.807) is 0 Å². The van der Waals surface area contributed by atoms with Crippen LogP contribution in [0.1, 0.15) is 5.56 Å². The molecule has 0 bridgehead atoms. The first-order chi connectivity index (χ1) is 12.4. The number of ether oxygens (including phenoxy) is 2. The molecule has 0 unspecified atom stereocenters. The average molecular weight is 327 g/mol. The quantitative estimate of drug-likeness (QED) is 0.523. The smallest absolute Gasteiger partial charge is 0.231 e. The van der Waals surface area contributed by atoms with Crippen molar-refractivity contribution in [2.75, 3.05) is 6.79 Å². The molecule has 3 heteroatoms. The lowest BCUT2D eigenvalue weighted by Gasteiger charge is -2.06. The standard InChI is InChI=1S/C22H17NO2/c1-3-7-16(8-4-1)13-23-14-19(17-9-5-2-6-10-17)18-11-21-22(12-20(18)23)25-15-24-21/h1-12,14H,13,15H2. The fraction of sp³-hybridized carbons (Fsp3) is 0.0909. The van der Waals surface area contributed by atoms with Crippen LogP contribution in [0.2, 0.25) is 0 Å². The summed E-state index contributed by atoms with van der Waals surface area (Å²) in [6.07, 6.45) is 2.22. The van der Waals surface area contributed by atoms with E-state index in [1.807, 2.05) is 12.1 Å². The Bertz CT molecular complexity index is 1040. The van der Waals surface area contributed by atoms with E-state index >= 15 is 0 Å². The average Bonchev–Trinajstić information content (AvgIpc) is 3.26. The van der Waals surface area contributed by atoms with Gasteiger partial charge < -0.3 is 14.0 Å². The van der Waals surface area contributed by atoms with Gasteiger partial charge in [-0.05, 0) is 17.2 Å². The summed E-state index contributed by atoms with van der Waals surface area (Å²) in [6.45, 7) is 1.12. The molecule has 0 spiro atoms. The number of fused-ring (bicyclic) bond motifs is 2. The number of benzene rings is 3. The van der Waals surface area contributed by atoms with Crippen LogP contribution in [0.15, 0.2) is 79.0 Å². The lowest BCUT2D eigenvalue weighted by atomic mass is 10.0. The van der Waals surface area contributed by atoms with E-state index in [-0.39, 0.29) is 0 Å². The second-order valence-corrected chi connectivity index (χ2v) is 6.24. The molecule has 3 nitrogen and oxygen atoms in total. The molecule has 1 aromatic heterocycles. The van der Waals surface area contributed by atoms with Gasteiger partial charge in [-0.3, -0.25) is 0 Å². The van der Waals surface area contributed by atoms with Crippen molar-refractivity contribution in [2.24, 2.45) is 0 Å². The summed E-state index contributed by atoms with van der Waals surface area (Å²) in [5, 5.41) is 1.19. The Balaban J connectivity index is 1.71. The van der Waals surface area contributed by atoms with E-state index in [4.69, 9.17) is 9.47 Å². The fourth-order valence-electron chi connectivity index (χ4n) is 3.44. The molecule has 0 fully saturated rings. The van der Waals surface area contributed by atoms with Crippen molar-refractivity contribution >= 4 is 10.9 Å². The molecule has 0 amide bonds. The molecule has 0 radical (unpaired) electrons. The number of hydrogen-bond donors (Lipinski definition) is 0. The topological polar surface area (TPSA) is 23.4 Å². The maximum Gasteiger partial charge on any atom is 0.231 e. The predicted octanol–water partition coefficient (Wildman–Crippen LogP) is 5.09. The molecule has 1 aliphatic rings. The van der Waals surface area contributed by atoms with E-state index in [9.17, 15) is 0 Å². The molecule has 0 saturated carbocycles. The summed E-state index contributed by atoms with van der Waals surface area (Å²) in [4.78, 5) is 0. The van der Waals surface area contributed by atoms with E-state index in [0.717, 1.165) is 23.6 Å². The molecule has 0 saturated heterocycles. The van der Waals surface area contributed by atoms with Crippen molar-refractivity contribution in [1.29, 1.82) is 0 Å². The molecule has 2 heterocycles. The zero-order valence-electron chi connectivity index (χ0n) is 13.7. The third-order valence-corrected chi connectivity index (χ3v) is 4.66. The normalized spacial score (nSPS) is 12.6. The zero-order chi connectivity index (χ0) is 16.6. The van der Waals surface area contributed by atoms with Crippen molar-refractivity contribution < 1.29 is 9.47 Å². The Kier molecular flexibility index (Phi) is 3.23. The molecule has 3 aromatic carbocycles. The monoisotopic (exact) mass is 327 g/mol. The summed E-state index contributed by atoms with van der Waals surface area (Å²) in [5.41, 5.74) is 4.85. The van der Waals surface area contributed by atoms with Crippen LogP contribution in [0, 0.1) is 0 Å². The first-order valence-corrected chi connectivity index (χ1v) is 8.40. The Labute approximate surface area is 146 Å². The number of hydrogen-bond acceptors (Lipinski definition) is 2. The van der Waals surface area contributed by atoms with E-state index < -0.39 is 0 Å². The van der Waals surface area contributed by atoms with E-state index in [2.05, 4.69) is 71.4 Å². The number of aromatic nitrogens is 1. The number of rotatable bonds is 3. The first kappa shape index (κ1) is 14.2. The third-order valence-electron chi connectivity index (χ3n) is 4.66. The Morgan fingerprint density at radius 3 is 2.24 bits per heavy atom. The predicted molar refractivity (Wildman–Crippen MR) is 99.0 cm³/mol. The van der Waals surface area contributed by atoms with Crippen molar-refractivity contribution in [3.8, 4) is 22.6 Å². The van der Waals surface area contributed by atoms with Crippen molar-refractivity contribution in [3.63, 3.8) is 0 Å². The number of nitrogens with zero attached hydrogens (tertiary/aromatic N) is 1. The van der Waals surface area contributed by atoms with Gasteiger partial charge in [0.2, 0.25) is 6.79 Å². The van der Waals surface area contributed by atoms with Gasteiger partial charge in [-0.25, -0.2) is 0 Å². The minimum atomic E-state index is 0.293. The van der Waals surface area contributed by atoms with E-state index in [0.29, 0.717) is 6.79 Å². The molecule has 0 aliphatic carbocycles. The van der Waals surface area contributed by atoms with Crippen LogP contribution >= 0.6 is 0 Å². The summed E-state index contributed by atoms with van der Waals surface area (Å²) < 4.78 is 13.5.